The lowest BCUT2D eigenvalue weighted by Gasteiger charge is -2.43. The van der Waals surface area contributed by atoms with E-state index in [2.05, 4.69) is 10.1 Å². The van der Waals surface area contributed by atoms with Gasteiger partial charge in [-0.3, -0.25) is 9.69 Å². The lowest BCUT2D eigenvalue weighted by atomic mass is 10.0. The van der Waals surface area contributed by atoms with Crippen molar-refractivity contribution in [3.8, 4) is 0 Å². The number of piperazine rings is 1. The van der Waals surface area contributed by atoms with Gasteiger partial charge in [-0.15, -0.1) is 0 Å². The summed E-state index contributed by atoms with van der Waals surface area (Å²) >= 11 is 0. The summed E-state index contributed by atoms with van der Waals surface area (Å²) < 4.78 is 29.3. The fourth-order valence-electron chi connectivity index (χ4n) is 3.76. The second kappa shape index (κ2) is 6.27. The van der Waals surface area contributed by atoms with E-state index in [9.17, 15) is 13.2 Å². The van der Waals surface area contributed by atoms with E-state index < -0.39 is 9.84 Å². The molecule has 0 radical (unpaired) electrons. The number of hydrogen-bond acceptors (Lipinski definition) is 6. The summed E-state index contributed by atoms with van der Waals surface area (Å²) in [6.45, 7) is 1.80. The number of sulfone groups is 1. The summed E-state index contributed by atoms with van der Waals surface area (Å²) in [7, 11) is -3.17. The molecule has 132 valence electrons. The van der Waals surface area contributed by atoms with Gasteiger partial charge >= 0.3 is 0 Å². The Morgan fingerprint density at radius 3 is 2.60 bits per heavy atom. The lowest BCUT2D eigenvalue weighted by molar-refractivity contribution is 0.0298. The number of benzene rings is 1. The second-order valence-corrected chi connectivity index (χ2v) is 8.70. The van der Waals surface area contributed by atoms with Crippen LogP contribution in [0.1, 0.15) is 16.1 Å². The molecule has 25 heavy (non-hydrogen) atoms. The normalized spacial score (nSPS) is 25.7. The van der Waals surface area contributed by atoms with Crippen LogP contribution in [0.2, 0.25) is 0 Å². The van der Waals surface area contributed by atoms with Crippen LogP contribution in [0, 0.1) is 0 Å². The molecule has 0 unspecified atom stereocenters. The molecule has 1 aromatic heterocycles. The van der Waals surface area contributed by atoms with Crippen LogP contribution in [0.25, 0.3) is 0 Å². The van der Waals surface area contributed by atoms with E-state index in [1.807, 2.05) is 30.3 Å². The largest absolute Gasteiger partial charge is 0.364 e. The fraction of sp³-hybridized carbons (Fsp3) is 0.412. The summed E-state index contributed by atoms with van der Waals surface area (Å²) in [5.74, 6) is -0.167. The minimum Gasteiger partial charge on any atom is -0.364 e. The van der Waals surface area contributed by atoms with Crippen LogP contribution in [0.5, 0.6) is 0 Å². The predicted octanol–water partition coefficient (Wildman–Crippen LogP) is 0.798. The Morgan fingerprint density at radius 1 is 1.12 bits per heavy atom. The minimum absolute atomic E-state index is 0.00650. The highest BCUT2D eigenvalue weighted by molar-refractivity contribution is 7.91. The van der Waals surface area contributed by atoms with Crippen LogP contribution in [-0.4, -0.2) is 66.0 Å². The molecule has 0 spiro atoms. The molecule has 2 aliphatic heterocycles. The number of amides is 1. The van der Waals surface area contributed by atoms with E-state index >= 15 is 0 Å². The number of carbonyl (C=O) groups is 1. The van der Waals surface area contributed by atoms with Crippen LogP contribution in [0.15, 0.2) is 47.2 Å². The summed E-state index contributed by atoms with van der Waals surface area (Å²) in [5.41, 5.74) is 1.36. The van der Waals surface area contributed by atoms with Gasteiger partial charge in [0.1, 0.15) is 6.26 Å². The first-order valence-corrected chi connectivity index (χ1v) is 10.1. The van der Waals surface area contributed by atoms with Crippen molar-refractivity contribution in [3.63, 3.8) is 0 Å². The van der Waals surface area contributed by atoms with E-state index in [4.69, 9.17) is 4.52 Å². The Labute approximate surface area is 146 Å². The van der Waals surface area contributed by atoms with Crippen LogP contribution in [0.3, 0.4) is 0 Å². The van der Waals surface area contributed by atoms with Gasteiger partial charge in [0.05, 0.1) is 17.5 Å². The molecule has 2 saturated heterocycles. The maximum Gasteiger partial charge on any atom is 0.276 e. The maximum atomic E-state index is 12.7. The summed E-state index contributed by atoms with van der Waals surface area (Å²) in [6.07, 6.45) is 1.35. The second-order valence-electron chi connectivity index (χ2n) is 6.55. The Kier molecular flexibility index (Phi) is 4.09. The third kappa shape index (κ3) is 3.19. The molecule has 1 amide bonds. The molecule has 2 aromatic rings. The van der Waals surface area contributed by atoms with Crippen molar-refractivity contribution in [1.82, 2.24) is 15.0 Å². The molecule has 0 saturated carbocycles. The number of fused-ring (bicyclic) bond motifs is 1. The van der Waals surface area contributed by atoms with Crippen molar-refractivity contribution < 1.29 is 17.7 Å². The average molecular weight is 361 g/mol. The summed E-state index contributed by atoms with van der Waals surface area (Å²) in [4.78, 5) is 16.5. The van der Waals surface area contributed by atoms with E-state index in [1.165, 1.54) is 12.3 Å². The van der Waals surface area contributed by atoms with Crippen LogP contribution < -0.4 is 0 Å². The van der Waals surface area contributed by atoms with Crippen LogP contribution in [0.4, 0.5) is 0 Å². The Balaban J connectivity index is 1.59. The zero-order chi connectivity index (χ0) is 17.4. The molecule has 2 atom stereocenters. The van der Waals surface area contributed by atoms with Gasteiger partial charge < -0.3 is 9.42 Å². The number of carbonyl (C=O) groups excluding carboxylic acids is 1. The zero-order valence-corrected chi connectivity index (χ0v) is 14.4. The molecule has 8 heteroatoms. The monoisotopic (exact) mass is 361 g/mol. The topological polar surface area (TPSA) is 83.7 Å². The highest BCUT2D eigenvalue weighted by atomic mass is 32.2. The van der Waals surface area contributed by atoms with Crippen molar-refractivity contribution in [1.29, 1.82) is 0 Å². The smallest absolute Gasteiger partial charge is 0.276 e. The highest BCUT2D eigenvalue weighted by Crippen LogP contribution is 2.29. The Hall–Kier alpha value is -2.19. The molecule has 0 bridgehead atoms. The summed E-state index contributed by atoms with van der Waals surface area (Å²) in [6, 6.07) is 11.0. The first-order chi connectivity index (χ1) is 12.0. The molecule has 0 aliphatic carbocycles. The molecular weight excluding hydrogens is 342 g/mol. The van der Waals surface area contributed by atoms with Crippen molar-refractivity contribution in [3.05, 3.63) is 53.9 Å². The first kappa shape index (κ1) is 16.3. The number of rotatable bonds is 3. The van der Waals surface area contributed by atoms with Gasteiger partial charge in [0, 0.05) is 31.7 Å². The SMILES string of the molecule is O=C(c1ccon1)N1CCN(Cc2ccccc2)[C@@H]2CS(=O)(=O)C[C@@H]21. The van der Waals surface area contributed by atoms with Gasteiger partial charge in [-0.2, -0.15) is 0 Å². The molecular formula is C17H19N3O4S. The molecule has 1 aromatic carbocycles. The van der Waals surface area contributed by atoms with E-state index in [-0.39, 0.29) is 35.2 Å². The molecule has 2 fully saturated rings. The minimum atomic E-state index is -3.17. The quantitative estimate of drug-likeness (QED) is 0.804. The molecule has 2 aliphatic rings. The first-order valence-electron chi connectivity index (χ1n) is 8.23. The van der Waals surface area contributed by atoms with E-state index in [1.54, 1.807) is 4.90 Å². The third-order valence-electron chi connectivity index (χ3n) is 4.94. The molecule has 7 nitrogen and oxygen atoms in total. The predicted molar refractivity (Wildman–Crippen MR) is 90.6 cm³/mol. The van der Waals surface area contributed by atoms with Crippen molar-refractivity contribution in [2.75, 3.05) is 24.6 Å². The fourth-order valence-corrected chi connectivity index (χ4v) is 5.77. The van der Waals surface area contributed by atoms with Crippen molar-refractivity contribution in [2.45, 2.75) is 18.6 Å². The number of hydrogen-bond donors (Lipinski definition) is 0. The van der Waals surface area contributed by atoms with Crippen molar-refractivity contribution in [2.24, 2.45) is 0 Å². The van der Waals surface area contributed by atoms with Gasteiger partial charge in [-0.1, -0.05) is 35.5 Å². The highest BCUT2D eigenvalue weighted by Gasteiger charge is 2.48. The standard InChI is InChI=1S/C17H19N3O4S/c21-17(14-6-9-24-18-14)20-8-7-19(10-13-4-2-1-3-5-13)15-11-25(22,23)12-16(15)20/h1-6,9,15-16H,7-8,10-12H2/t15-,16+/m1/s1. The maximum absolute atomic E-state index is 12.7. The molecule has 0 N–H and O–H groups in total. The number of nitrogens with zero attached hydrogens (tertiary/aromatic N) is 3. The van der Waals surface area contributed by atoms with Gasteiger partial charge in [-0.05, 0) is 5.56 Å². The van der Waals surface area contributed by atoms with Gasteiger partial charge in [0.2, 0.25) is 0 Å². The lowest BCUT2D eigenvalue weighted by Crippen LogP contribution is -2.60. The molecule has 4 rings (SSSR count). The summed E-state index contributed by atoms with van der Waals surface area (Å²) in [5, 5.41) is 3.70. The van der Waals surface area contributed by atoms with Crippen molar-refractivity contribution >= 4 is 15.7 Å². The Bertz CT molecular complexity index is 851. The van der Waals surface area contributed by atoms with Gasteiger partial charge in [-0.25, -0.2) is 8.42 Å². The van der Waals surface area contributed by atoms with Crippen LogP contribution >= 0.6 is 0 Å². The molecule has 3 heterocycles. The Morgan fingerprint density at radius 2 is 1.88 bits per heavy atom. The van der Waals surface area contributed by atoms with Gasteiger partial charge in [0.25, 0.3) is 5.91 Å². The van der Waals surface area contributed by atoms with E-state index in [0.717, 1.165) is 5.56 Å². The van der Waals surface area contributed by atoms with E-state index in [0.29, 0.717) is 19.6 Å². The zero-order valence-electron chi connectivity index (χ0n) is 13.6. The van der Waals surface area contributed by atoms with Gasteiger partial charge in [0.15, 0.2) is 15.5 Å². The number of aromatic nitrogens is 1. The van der Waals surface area contributed by atoms with Crippen LogP contribution in [-0.2, 0) is 16.4 Å². The third-order valence-corrected chi connectivity index (χ3v) is 6.64. The average Bonchev–Trinajstić information content (AvgIpc) is 3.22.